The van der Waals surface area contributed by atoms with Crippen molar-refractivity contribution in [2.45, 2.75) is 110 Å². The molecular formula is C41H55N3O6S2. The van der Waals surface area contributed by atoms with E-state index in [2.05, 4.69) is 63.1 Å². The van der Waals surface area contributed by atoms with Gasteiger partial charge in [-0.2, -0.15) is 8.42 Å². The monoisotopic (exact) mass is 749 g/mol. The van der Waals surface area contributed by atoms with Crippen LogP contribution in [0.25, 0.3) is 10.8 Å². The molecule has 11 heteroatoms. The molecule has 0 unspecified atom stereocenters. The van der Waals surface area contributed by atoms with Crippen LogP contribution in [-0.4, -0.2) is 36.8 Å². The molecule has 0 aliphatic rings. The largest absolute Gasteiger partial charge is 0.409 e. The summed E-state index contributed by atoms with van der Waals surface area (Å²) in [6.45, 7) is 20.0. The van der Waals surface area contributed by atoms with Crippen LogP contribution in [-0.2, 0) is 31.5 Å². The molecule has 1 amide bonds. The number of amides is 1. The number of nitrogens with zero attached hydrogens (tertiary/aromatic N) is 1. The Morgan fingerprint density at radius 1 is 0.673 bits per heavy atom. The Kier molecular flexibility index (Phi) is 12.4. The van der Waals surface area contributed by atoms with Crippen LogP contribution in [0.15, 0.2) is 65.6 Å². The zero-order chi connectivity index (χ0) is 38.9. The second-order valence-electron chi connectivity index (χ2n) is 15.3. The first kappa shape index (κ1) is 40.7. The van der Waals surface area contributed by atoms with Crippen molar-refractivity contribution in [3.63, 3.8) is 0 Å². The highest BCUT2D eigenvalue weighted by molar-refractivity contribution is 7.93. The van der Waals surface area contributed by atoms with Crippen molar-refractivity contribution >= 4 is 48.4 Å². The van der Waals surface area contributed by atoms with Crippen molar-refractivity contribution in [2.75, 3.05) is 23.7 Å². The topological polar surface area (TPSA) is 122 Å². The molecule has 0 saturated carbocycles. The van der Waals surface area contributed by atoms with Gasteiger partial charge in [0.15, 0.2) is 5.75 Å². The Hall–Kier alpha value is -4.09. The van der Waals surface area contributed by atoms with Gasteiger partial charge < -0.3 is 9.08 Å². The quantitative estimate of drug-likeness (QED) is 0.132. The van der Waals surface area contributed by atoms with E-state index in [-0.39, 0.29) is 46.4 Å². The Labute approximate surface area is 311 Å². The van der Waals surface area contributed by atoms with Gasteiger partial charge >= 0.3 is 10.3 Å². The van der Waals surface area contributed by atoms with E-state index in [0.29, 0.717) is 22.4 Å². The molecule has 9 nitrogen and oxygen atoms in total. The molecule has 0 heterocycles. The molecule has 0 fully saturated rings. The molecule has 0 aliphatic carbocycles. The summed E-state index contributed by atoms with van der Waals surface area (Å²) in [5.41, 5.74) is 6.16. The van der Waals surface area contributed by atoms with Crippen LogP contribution >= 0.6 is 0 Å². The second kappa shape index (κ2) is 15.9. The average Bonchev–Trinajstić information content (AvgIpc) is 3.03. The number of carbonyl (C=O) groups excluding carboxylic acids is 1. The molecule has 0 aliphatic heterocycles. The van der Waals surface area contributed by atoms with E-state index >= 15 is 0 Å². The maximum atomic E-state index is 13.9. The van der Waals surface area contributed by atoms with Crippen molar-refractivity contribution in [3.05, 3.63) is 94.0 Å². The van der Waals surface area contributed by atoms with Gasteiger partial charge in [-0.1, -0.05) is 106 Å². The lowest BCUT2D eigenvalue weighted by atomic mass is 9.83. The Bertz CT molecular complexity index is 2110. The molecule has 4 rings (SSSR count). The van der Waals surface area contributed by atoms with Crippen LogP contribution in [0, 0.1) is 0 Å². The third-order valence-corrected chi connectivity index (χ3v) is 11.6. The summed E-state index contributed by atoms with van der Waals surface area (Å²) in [6.07, 6.45) is -0.124. The van der Waals surface area contributed by atoms with Crippen molar-refractivity contribution in [2.24, 2.45) is 0 Å². The van der Waals surface area contributed by atoms with Crippen LogP contribution in [0.1, 0.15) is 132 Å². The number of carbonyl (C=O) groups is 1. The summed E-state index contributed by atoms with van der Waals surface area (Å²) < 4.78 is 65.6. The predicted molar refractivity (Wildman–Crippen MR) is 214 cm³/mol. The fraction of sp³-hybridized carbons (Fsp3) is 0.439. The molecule has 4 aromatic carbocycles. The van der Waals surface area contributed by atoms with E-state index in [1.807, 2.05) is 64.9 Å². The number of anilines is 2. The third-order valence-electron chi connectivity index (χ3n) is 9.29. The van der Waals surface area contributed by atoms with Crippen molar-refractivity contribution < 1.29 is 25.8 Å². The minimum absolute atomic E-state index is 0.0704. The minimum atomic E-state index is -4.62. The summed E-state index contributed by atoms with van der Waals surface area (Å²) in [5.74, 6) is -0.596. The van der Waals surface area contributed by atoms with E-state index in [9.17, 15) is 21.6 Å². The lowest BCUT2D eigenvalue weighted by Gasteiger charge is -2.23. The summed E-state index contributed by atoms with van der Waals surface area (Å²) in [6, 6.07) is 18.1. The maximum absolute atomic E-state index is 13.9. The van der Waals surface area contributed by atoms with Crippen LogP contribution < -0.4 is 18.5 Å². The van der Waals surface area contributed by atoms with Crippen molar-refractivity contribution in [1.29, 1.82) is 0 Å². The lowest BCUT2D eigenvalue weighted by Crippen LogP contribution is -2.36. The molecule has 0 atom stereocenters. The van der Waals surface area contributed by atoms with Gasteiger partial charge in [0, 0.05) is 47.4 Å². The van der Waals surface area contributed by atoms with Crippen LogP contribution in [0.3, 0.4) is 0 Å². The number of nitrogens with one attached hydrogen (secondary N) is 2. The van der Waals surface area contributed by atoms with E-state index in [0.717, 1.165) is 27.8 Å². The zero-order valence-corrected chi connectivity index (χ0v) is 34.2. The molecule has 0 bridgehead atoms. The van der Waals surface area contributed by atoms with Gasteiger partial charge in [0.05, 0.1) is 11.3 Å². The average molecular weight is 750 g/mol. The van der Waals surface area contributed by atoms with Gasteiger partial charge in [-0.25, -0.2) is 13.1 Å². The lowest BCUT2D eigenvalue weighted by molar-refractivity contribution is -0.118. The summed E-state index contributed by atoms with van der Waals surface area (Å²) in [5, 5.41) is 1.37. The number of hydrogen-bond acceptors (Lipinski definition) is 7. The fourth-order valence-electron chi connectivity index (χ4n) is 6.56. The van der Waals surface area contributed by atoms with Crippen molar-refractivity contribution in [1.82, 2.24) is 4.72 Å². The highest BCUT2D eigenvalue weighted by atomic mass is 32.2. The van der Waals surface area contributed by atoms with E-state index in [1.54, 1.807) is 30.3 Å². The number of benzene rings is 4. The van der Waals surface area contributed by atoms with Gasteiger partial charge in [0.25, 0.3) is 10.0 Å². The van der Waals surface area contributed by atoms with Crippen LogP contribution in [0.5, 0.6) is 5.75 Å². The van der Waals surface area contributed by atoms with E-state index in [1.165, 1.54) is 5.56 Å². The number of hydrogen-bond donors (Lipinski definition) is 2. The third kappa shape index (κ3) is 9.09. The predicted octanol–water partition coefficient (Wildman–Crippen LogP) is 9.31. The Balaban J connectivity index is 1.69. The SMILES string of the molecule is CC(C)c1cc(C(C)C)c(CC(=O)NS(=O)(=O)Oc2c(C(C)C)cc(NS(=O)(=O)c3cccc4c(N(C)C)cccc34)cc2C(C)C)c(C(C)C)c1. The maximum Gasteiger partial charge on any atom is 0.409 e. The van der Waals surface area contributed by atoms with Crippen LogP contribution in [0.4, 0.5) is 11.4 Å². The molecule has 0 saturated heterocycles. The molecule has 0 radical (unpaired) electrons. The molecule has 2 N–H and O–H groups in total. The molecule has 0 aromatic heterocycles. The van der Waals surface area contributed by atoms with Crippen LogP contribution in [0.2, 0.25) is 0 Å². The number of sulfonamides is 1. The standard InChI is InChI=1S/C41H55N3O6S2/c1-24(2)29-19-33(25(3)4)37(34(20-29)26(5)6)23-40(45)43-52(48,49)50-41-35(27(7)8)21-30(22-36(41)28(9)10)42-51(46,47)39-18-14-15-31-32(39)16-13-17-38(31)44(11)12/h13-22,24-28,42H,23H2,1-12H3,(H,43,45). The van der Waals surface area contributed by atoms with Crippen molar-refractivity contribution in [3.8, 4) is 5.75 Å². The summed E-state index contributed by atoms with van der Waals surface area (Å²) in [7, 11) is -4.89. The first-order chi connectivity index (χ1) is 24.1. The van der Waals surface area contributed by atoms with Gasteiger partial charge in [-0.15, -0.1) is 0 Å². The van der Waals surface area contributed by atoms with Gasteiger partial charge in [0.1, 0.15) is 0 Å². The number of rotatable bonds is 14. The summed E-state index contributed by atoms with van der Waals surface area (Å²) in [4.78, 5) is 15.5. The van der Waals surface area contributed by atoms with E-state index in [4.69, 9.17) is 4.18 Å². The first-order valence-corrected chi connectivity index (χ1v) is 20.8. The first-order valence-electron chi connectivity index (χ1n) is 17.9. The zero-order valence-electron chi connectivity index (χ0n) is 32.6. The number of fused-ring (bicyclic) bond motifs is 1. The van der Waals surface area contributed by atoms with Gasteiger partial charge in [-0.05, 0) is 76.1 Å². The fourth-order valence-corrected chi connectivity index (χ4v) is 8.63. The molecule has 0 spiro atoms. The highest BCUT2D eigenvalue weighted by Gasteiger charge is 2.28. The van der Waals surface area contributed by atoms with Gasteiger partial charge in [-0.3, -0.25) is 9.52 Å². The minimum Gasteiger partial charge on any atom is -0.377 e. The molecule has 282 valence electrons. The highest BCUT2D eigenvalue weighted by Crippen LogP contribution is 2.40. The normalized spacial score (nSPS) is 12.4. The smallest absolute Gasteiger partial charge is 0.377 e. The second-order valence-corrected chi connectivity index (χ2v) is 18.2. The van der Waals surface area contributed by atoms with Gasteiger partial charge in [0.2, 0.25) is 5.91 Å². The molecule has 4 aromatic rings. The van der Waals surface area contributed by atoms with E-state index < -0.39 is 26.2 Å². The molecule has 52 heavy (non-hydrogen) atoms. The Morgan fingerprint density at radius 2 is 1.17 bits per heavy atom. The Morgan fingerprint density at radius 3 is 1.65 bits per heavy atom. The summed E-state index contributed by atoms with van der Waals surface area (Å²) >= 11 is 0. The molecular weight excluding hydrogens is 695 g/mol.